The highest BCUT2D eigenvalue weighted by Gasteiger charge is 2.24. The summed E-state index contributed by atoms with van der Waals surface area (Å²) in [6, 6.07) is 8.42. The Kier molecular flexibility index (Phi) is 8.79. The molecule has 0 unspecified atom stereocenters. The van der Waals surface area contributed by atoms with Crippen LogP contribution in [0.2, 0.25) is 0 Å². The molecular weight excluding hydrogens is 479 g/mol. The van der Waals surface area contributed by atoms with E-state index in [0.29, 0.717) is 41.1 Å². The number of aryl methyl sites for hydroxylation is 2. The number of halogens is 3. The van der Waals surface area contributed by atoms with Crippen LogP contribution >= 0.6 is 0 Å². The molecule has 2 aromatic carbocycles. The number of benzene rings is 2. The maximum absolute atomic E-state index is 14.1. The summed E-state index contributed by atoms with van der Waals surface area (Å²) < 4.78 is 46.8. The molecule has 2 heterocycles. The normalized spacial score (nSPS) is 12.9. The van der Waals surface area contributed by atoms with Crippen molar-refractivity contribution < 1.29 is 22.7 Å². The van der Waals surface area contributed by atoms with E-state index in [1.54, 1.807) is 26.0 Å². The number of unbranched alkanes of at least 4 members (excludes halogenated alkanes) is 3. The number of aromatic nitrogens is 2. The standard InChI is InChI=1S/C29H32F3N3O2/c1-3-37-26(36)10-6-4-5-7-15-35-16-8-9-25-29(35)34-28(20-11-13-22(30)19(2)17-20)27(33-25)21-12-14-23(31)24(32)18-21/h11-14,17-18H,3-10,15-16H2,1-2H3. The predicted molar refractivity (Wildman–Crippen MR) is 138 cm³/mol. The Morgan fingerprint density at radius 2 is 1.62 bits per heavy atom. The van der Waals surface area contributed by atoms with Gasteiger partial charge in [0.15, 0.2) is 17.5 Å². The van der Waals surface area contributed by atoms with Crippen molar-refractivity contribution in [1.82, 2.24) is 9.97 Å². The molecule has 8 heteroatoms. The van der Waals surface area contributed by atoms with Gasteiger partial charge in [-0.25, -0.2) is 23.1 Å². The zero-order chi connectivity index (χ0) is 26.4. The average Bonchev–Trinajstić information content (AvgIpc) is 2.89. The number of anilines is 1. The van der Waals surface area contributed by atoms with Gasteiger partial charge in [-0.05, 0) is 81.5 Å². The van der Waals surface area contributed by atoms with E-state index in [4.69, 9.17) is 14.7 Å². The van der Waals surface area contributed by atoms with Gasteiger partial charge in [-0.15, -0.1) is 0 Å². The zero-order valence-electron chi connectivity index (χ0n) is 21.3. The highest BCUT2D eigenvalue weighted by molar-refractivity contribution is 5.80. The van der Waals surface area contributed by atoms with Crippen LogP contribution in [0.3, 0.4) is 0 Å². The van der Waals surface area contributed by atoms with Gasteiger partial charge >= 0.3 is 5.97 Å². The molecule has 0 saturated carbocycles. The fraction of sp³-hybridized carbons (Fsp3) is 0.414. The van der Waals surface area contributed by atoms with Crippen molar-refractivity contribution >= 4 is 11.8 Å². The molecule has 1 aliphatic heterocycles. The van der Waals surface area contributed by atoms with Crippen molar-refractivity contribution in [3.05, 3.63) is 65.1 Å². The number of esters is 1. The summed E-state index contributed by atoms with van der Waals surface area (Å²) in [6.45, 7) is 5.53. The summed E-state index contributed by atoms with van der Waals surface area (Å²) in [7, 11) is 0. The Hall–Kier alpha value is -3.42. The third-order valence-electron chi connectivity index (χ3n) is 6.58. The minimum absolute atomic E-state index is 0.150. The topological polar surface area (TPSA) is 55.3 Å². The Balaban J connectivity index is 1.59. The van der Waals surface area contributed by atoms with Gasteiger partial charge in [0, 0.05) is 30.6 Å². The second-order valence-electron chi connectivity index (χ2n) is 9.34. The lowest BCUT2D eigenvalue weighted by atomic mass is 10.0. The molecule has 0 fully saturated rings. The minimum Gasteiger partial charge on any atom is -0.466 e. The molecule has 37 heavy (non-hydrogen) atoms. The molecule has 0 aliphatic carbocycles. The molecule has 4 rings (SSSR count). The first-order valence-corrected chi connectivity index (χ1v) is 12.9. The van der Waals surface area contributed by atoms with Gasteiger partial charge in [0.2, 0.25) is 0 Å². The van der Waals surface area contributed by atoms with Crippen molar-refractivity contribution in [2.24, 2.45) is 0 Å². The van der Waals surface area contributed by atoms with Crippen LogP contribution in [0.1, 0.15) is 56.7 Å². The van der Waals surface area contributed by atoms with Crippen molar-refractivity contribution in [2.75, 3.05) is 24.6 Å². The number of nitrogens with zero attached hydrogens (tertiary/aromatic N) is 3. The van der Waals surface area contributed by atoms with Gasteiger partial charge in [0.25, 0.3) is 0 Å². The van der Waals surface area contributed by atoms with Gasteiger partial charge in [0.1, 0.15) is 5.82 Å². The number of fused-ring (bicyclic) bond motifs is 1. The molecule has 0 N–H and O–H groups in total. The van der Waals surface area contributed by atoms with Gasteiger partial charge in [-0.2, -0.15) is 0 Å². The van der Waals surface area contributed by atoms with Crippen LogP contribution in [-0.4, -0.2) is 35.6 Å². The third kappa shape index (κ3) is 6.48. The molecule has 0 amide bonds. The van der Waals surface area contributed by atoms with Crippen LogP contribution in [0.25, 0.3) is 22.5 Å². The summed E-state index contributed by atoms with van der Waals surface area (Å²) >= 11 is 0. The molecule has 5 nitrogen and oxygen atoms in total. The Morgan fingerprint density at radius 1 is 0.919 bits per heavy atom. The lowest BCUT2D eigenvalue weighted by molar-refractivity contribution is -0.143. The van der Waals surface area contributed by atoms with Crippen LogP contribution in [0.5, 0.6) is 0 Å². The maximum atomic E-state index is 14.1. The first kappa shape index (κ1) is 26.6. The molecule has 1 aliphatic rings. The Bertz CT molecular complexity index is 1270. The monoisotopic (exact) mass is 511 g/mol. The quantitative estimate of drug-likeness (QED) is 0.221. The minimum atomic E-state index is -0.956. The van der Waals surface area contributed by atoms with Crippen molar-refractivity contribution in [1.29, 1.82) is 0 Å². The first-order chi connectivity index (χ1) is 17.9. The molecule has 0 saturated heterocycles. The lowest BCUT2D eigenvalue weighted by Crippen LogP contribution is -2.32. The molecule has 0 bridgehead atoms. The second-order valence-corrected chi connectivity index (χ2v) is 9.34. The molecular formula is C29H32F3N3O2. The Morgan fingerprint density at radius 3 is 2.35 bits per heavy atom. The summed E-state index contributed by atoms with van der Waals surface area (Å²) in [5.41, 5.74) is 3.32. The summed E-state index contributed by atoms with van der Waals surface area (Å²) in [4.78, 5) is 23.6. The van der Waals surface area contributed by atoms with E-state index < -0.39 is 11.6 Å². The number of rotatable bonds is 10. The lowest BCUT2D eigenvalue weighted by Gasteiger charge is -2.30. The van der Waals surface area contributed by atoms with E-state index in [0.717, 1.165) is 75.3 Å². The van der Waals surface area contributed by atoms with E-state index >= 15 is 0 Å². The zero-order valence-corrected chi connectivity index (χ0v) is 21.3. The van der Waals surface area contributed by atoms with Crippen molar-refractivity contribution in [2.45, 2.75) is 58.8 Å². The van der Waals surface area contributed by atoms with Crippen LogP contribution in [0.4, 0.5) is 19.0 Å². The van der Waals surface area contributed by atoms with Crippen LogP contribution in [-0.2, 0) is 16.0 Å². The van der Waals surface area contributed by atoms with Crippen LogP contribution in [0, 0.1) is 24.4 Å². The number of carbonyl (C=O) groups excluding carboxylic acids is 1. The molecule has 3 aromatic rings. The smallest absolute Gasteiger partial charge is 0.305 e. The predicted octanol–water partition coefficient (Wildman–Crippen LogP) is 6.80. The maximum Gasteiger partial charge on any atom is 0.305 e. The largest absolute Gasteiger partial charge is 0.466 e. The summed E-state index contributed by atoms with van der Waals surface area (Å²) in [6.07, 6.45) is 5.77. The Labute approximate surface area is 215 Å². The van der Waals surface area contributed by atoms with E-state index in [9.17, 15) is 18.0 Å². The van der Waals surface area contributed by atoms with E-state index in [-0.39, 0.29) is 11.8 Å². The molecule has 0 spiro atoms. The third-order valence-corrected chi connectivity index (χ3v) is 6.58. The van der Waals surface area contributed by atoms with Crippen LogP contribution in [0.15, 0.2) is 36.4 Å². The van der Waals surface area contributed by atoms with Gasteiger partial charge in [0.05, 0.1) is 23.7 Å². The number of ether oxygens (including phenoxy) is 1. The number of hydrogen-bond donors (Lipinski definition) is 0. The highest BCUT2D eigenvalue weighted by atomic mass is 19.2. The molecule has 196 valence electrons. The SMILES string of the molecule is CCOC(=O)CCCCCCN1CCCc2nc(-c3ccc(F)c(F)c3)c(-c3ccc(F)c(C)c3)nc21. The number of carbonyl (C=O) groups is 1. The van der Waals surface area contributed by atoms with Gasteiger partial charge < -0.3 is 9.64 Å². The van der Waals surface area contributed by atoms with Crippen LogP contribution < -0.4 is 4.90 Å². The van der Waals surface area contributed by atoms with Crippen molar-refractivity contribution in [3.63, 3.8) is 0 Å². The molecule has 1 aromatic heterocycles. The van der Waals surface area contributed by atoms with E-state index in [2.05, 4.69) is 4.90 Å². The first-order valence-electron chi connectivity index (χ1n) is 12.9. The highest BCUT2D eigenvalue weighted by Crippen LogP contribution is 2.35. The summed E-state index contributed by atoms with van der Waals surface area (Å²) in [5.74, 6) is -1.58. The van der Waals surface area contributed by atoms with Gasteiger partial charge in [-0.1, -0.05) is 12.8 Å². The van der Waals surface area contributed by atoms with E-state index in [1.165, 1.54) is 12.1 Å². The number of hydrogen-bond acceptors (Lipinski definition) is 5. The van der Waals surface area contributed by atoms with Crippen molar-refractivity contribution in [3.8, 4) is 22.5 Å². The van der Waals surface area contributed by atoms with Gasteiger partial charge in [-0.3, -0.25) is 4.79 Å². The second kappa shape index (κ2) is 12.2. The molecule has 0 radical (unpaired) electrons. The fourth-order valence-corrected chi connectivity index (χ4v) is 4.64. The molecule has 0 atom stereocenters. The average molecular weight is 512 g/mol. The summed E-state index contributed by atoms with van der Waals surface area (Å²) in [5, 5.41) is 0. The fourth-order valence-electron chi connectivity index (χ4n) is 4.64. The van der Waals surface area contributed by atoms with E-state index in [1.807, 2.05) is 0 Å².